The number of hydrogen-bond acceptors (Lipinski definition) is 3. The molecule has 0 amide bonds. The first kappa shape index (κ1) is 7.24. The first-order valence-electron chi connectivity index (χ1n) is 3.34. The van der Waals surface area contributed by atoms with Crippen LogP contribution in [0.1, 0.15) is 0 Å². The van der Waals surface area contributed by atoms with Gasteiger partial charge < -0.3 is 0 Å². The predicted molar refractivity (Wildman–Crippen MR) is 44.2 cm³/mol. The molecule has 0 atom stereocenters. The zero-order valence-electron chi connectivity index (χ0n) is 6.05. The fourth-order valence-corrected chi connectivity index (χ4v) is 0.926. The molecular formula is C7H5ClN4. The summed E-state index contributed by atoms with van der Waals surface area (Å²) in [5.74, 6) is 0.657. The minimum atomic E-state index is 0.380. The van der Waals surface area contributed by atoms with Gasteiger partial charge in [-0.15, -0.1) is 0 Å². The van der Waals surface area contributed by atoms with E-state index in [4.69, 9.17) is 11.6 Å². The monoisotopic (exact) mass is 180 g/mol. The maximum absolute atomic E-state index is 5.57. The van der Waals surface area contributed by atoms with Crippen molar-refractivity contribution in [2.75, 3.05) is 0 Å². The molecule has 0 aliphatic heterocycles. The lowest BCUT2D eigenvalue weighted by Crippen LogP contribution is -1.97. The second kappa shape index (κ2) is 2.91. The quantitative estimate of drug-likeness (QED) is 0.665. The minimum Gasteiger partial charge on any atom is -0.239 e. The molecule has 0 N–H and O–H groups in total. The van der Waals surface area contributed by atoms with E-state index in [0.717, 1.165) is 0 Å². The van der Waals surface area contributed by atoms with Crippen molar-refractivity contribution in [2.45, 2.75) is 0 Å². The van der Waals surface area contributed by atoms with Crippen molar-refractivity contribution in [3.8, 4) is 5.82 Å². The molecule has 0 aromatic carbocycles. The topological polar surface area (TPSA) is 43.6 Å². The molecule has 2 rings (SSSR count). The van der Waals surface area contributed by atoms with Gasteiger partial charge in [-0.3, -0.25) is 0 Å². The fourth-order valence-electron chi connectivity index (χ4n) is 0.828. The Balaban J connectivity index is 2.43. The van der Waals surface area contributed by atoms with Crippen LogP contribution in [0.3, 0.4) is 0 Å². The second-order valence-electron chi connectivity index (χ2n) is 2.15. The average molecular weight is 181 g/mol. The van der Waals surface area contributed by atoms with E-state index in [1.165, 1.54) is 6.20 Å². The molecule has 60 valence electrons. The first-order chi connectivity index (χ1) is 5.86. The van der Waals surface area contributed by atoms with Crippen LogP contribution in [-0.2, 0) is 0 Å². The van der Waals surface area contributed by atoms with E-state index >= 15 is 0 Å². The third kappa shape index (κ3) is 1.29. The van der Waals surface area contributed by atoms with E-state index < -0.39 is 0 Å². The standard InChI is InChI=1S/C7H5ClN4/c8-6-4-10-7(5-9-6)12-3-1-2-11-12/h1-5H. The lowest BCUT2D eigenvalue weighted by molar-refractivity contribution is 0.838. The van der Waals surface area contributed by atoms with Crippen LogP contribution in [0.25, 0.3) is 5.82 Å². The van der Waals surface area contributed by atoms with E-state index in [1.807, 2.05) is 6.07 Å². The molecule has 0 saturated heterocycles. The van der Waals surface area contributed by atoms with Gasteiger partial charge in [-0.2, -0.15) is 5.10 Å². The highest BCUT2D eigenvalue weighted by molar-refractivity contribution is 6.29. The maximum Gasteiger partial charge on any atom is 0.171 e. The Morgan fingerprint density at radius 1 is 1.25 bits per heavy atom. The third-order valence-corrected chi connectivity index (χ3v) is 1.54. The molecule has 0 radical (unpaired) electrons. The molecule has 0 unspecified atom stereocenters. The third-order valence-electron chi connectivity index (χ3n) is 1.35. The summed E-state index contributed by atoms with van der Waals surface area (Å²) in [5, 5.41) is 4.37. The van der Waals surface area contributed by atoms with Gasteiger partial charge in [0.05, 0.1) is 12.4 Å². The highest BCUT2D eigenvalue weighted by Crippen LogP contribution is 2.04. The van der Waals surface area contributed by atoms with Crippen LogP contribution >= 0.6 is 11.6 Å². The van der Waals surface area contributed by atoms with Crippen LogP contribution in [0.15, 0.2) is 30.9 Å². The molecule has 0 aliphatic rings. The van der Waals surface area contributed by atoms with E-state index in [2.05, 4.69) is 15.1 Å². The van der Waals surface area contributed by atoms with Crippen molar-refractivity contribution in [3.63, 3.8) is 0 Å². The van der Waals surface area contributed by atoms with Crippen LogP contribution in [0, 0.1) is 0 Å². The largest absolute Gasteiger partial charge is 0.239 e. The Bertz CT molecular complexity index is 353. The molecule has 0 bridgehead atoms. The molecule has 5 heteroatoms. The number of hydrogen-bond donors (Lipinski definition) is 0. The van der Waals surface area contributed by atoms with Gasteiger partial charge in [0.1, 0.15) is 5.15 Å². The predicted octanol–water partition coefficient (Wildman–Crippen LogP) is 1.32. The average Bonchev–Trinajstić information content (AvgIpc) is 2.58. The van der Waals surface area contributed by atoms with Crippen molar-refractivity contribution in [1.82, 2.24) is 19.7 Å². The van der Waals surface area contributed by atoms with E-state index in [1.54, 1.807) is 23.3 Å². The van der Waals surface area contributed by atoms with Gasteiger partial charge in [-0.05, 0) is 6.07 Å². The van der Waals surface area contributed by atoms with Gasteiger partial charge in [0.2, 0.25) is 0 Å². The Kier molecular flexibility index (Phi) is 1.75. The minimum absolute atomic E-state index is 0.380. The zero-order valence-corrected chi connectivity index (χ0v) is 6.81. The van der Waals surface area contributed by atoms with E-state index in [9.17, 15) is 0 Å². The lowest BCUT2D eigenvalue weighted by Gasteiger charge is -1.97. The van der Waals surface area contributed by atoms with Gasteiger partial charge in [0, 0.05) is 12.4 Å². The summed E-state index contributed by atoms with van der Waals surface area (Å²) in [6.45, 7) is 0. The number of rotatable bonds is 1. The molecular weight excluding hydrogens is 176 g/mol. The van der Waals surface area contributed by atoms with Crippen molar-refractivity contribution in [1.29, 1.82) is 0 Å². The zero-order chi connectivity index (χ0) is 8.39. The van der Waals surface area contributed by atoms with Crippen LogP contribution in [0.4, 0.5) is 0 Å². The highest BCUT2D eigenvalue weighted by atomic mass is 35.5. The van der Waals surface area contributed by atoms with Crippen LogP contribution < -0.4 is 0 Å². The van der Waals surface area contributed by atoms with Crippen molar-refractivity contribution in [2.24, 2.45) is 0 Å². The Morgan fingerprint density at radius 2 is 2.17 bits per heavy atom. The second-order valence-corrected chi connectivity index (χ2v) is 2.54. The SMILES string of the molecule is Clc1cnc(-n2cccn2)cn1. The molecule has 2 aromatic rings. The normalized spacial score (nSPS) is 10.1. The molecule has 0 saturated carbocycles. The summed E-state index contributed by atoms with van der Waals surface area (Å²) >= 11 is 5.57. The number of halogens is 1. The van der Waals surface area contributed by atoms with Gasteiger partial charge in [0.15, 0.2) is 5.82 Å². The van der Waals surface area contributed by atoms with Gasteiger partial charge in [0.25, 0.3) is 0 Å². The molecule has 2 aromatic heterocycles. The number of aromatic nitrogens is 4. The molecule has 0 fully saturated rings. The van der Waals surface area contributed by atoms with Crippen LogP contribution in [-0.4, -0.2) is 19.7 Å². The highest BCUT2D eigenvalue weighted by Gasteiger charge is 1.96. The Hall–Kier alpha value is -1.42. The molecule has 0 aliphatic carbocycles. The molecule has 2 heterocycles. The van der Waals surface area contributed by atoms with Crippen LogP contribution in [0.2, 0.25) is 5.15 Å². The molecule has 12 heavy (non-hydrogen) atoms. The van der Waals surface area contributed by atoms with Gasteiger partial charge >= 0.3 is 0 Å². The van der Waals surface area contributed by atoms with Gasteiger partial charge in [-0.1, -0.05) is 11.6 Å². The van der Waals surface area contributed by atoms with Crippen molar-refractivity contribution >= 4 is 11.6 Å². The summed E-state index contributed by atoms with van der Waals surface area (Å²) in [6, 6.07) is 1.82. The maximum atomic E-state index is 5.57. The summed E-state index contributed by atoms with van der Waals surface area (Å²) in [7, 11) is 0. The Morgan fingerprint density at radius 3 is 2.75 bits per heavy atom. The first-order valence-corrected chi connectivity index (χ1v) is 3.71. The van der Waals surface area contributed by atoms with E-state index in [0.29, 0.717) is 11.0 Å². The molecule has 4 nitrogen and oxygen atoms in total. The fraction of sp³-hybridized carbons (Fsp3) is 0. The Labute approximate surface area is 73.8 Å². The number of nitrogens with zero attached hydrogens (tertiary/aromatic N) is 4. The smallest absolute Gasteiger partial charge is 0.171 e. The summed E-state index contributed by atoms with van der Waals surface area (Å²) in [4.78, 5) is 7.90. The van der Waals surface area contributed by atoms with E-state index in [-0.39, 0.29) is 0 Å². The summed E-state index contributed by atoms with van der Waals surface area (Å²) < 4.78 is 1.61. The van der Waals surface area contributed by atoms with Gasteiger partial charge in [-0.25, -0.2) is 14.6 Å². The summed E-state index contributed by atoms with van der Waals surface area (Å²) in [5.41, 5.74) is 0. The van der Waals surface area contributed by atoms with Crippen molar-refractivity contribution < 1.29 is 0 Å². The summed E-state index contributed by atoms with van der Waals surface area (Å²) in [6.07, 6.45) is 6.52. The molecule has 0 spiro atoms. The van der Waals surface area contributed by atoms with Crippen molar-refractivity contribution in [3.05, 3.63) is 36.0 Å². The lowest BCUT2D eigenvalue weighted by atomic mass is 10.6. The van der Waals surface area contributed by atoms with Crippen LogP contribution in [0.5, 0.6) is 0 Å².